The van der Waals surface area contributed by atoms with Crippen LogP contribution in [-0.2, 0) is 4.74 Å². The largest absolute Gasteiger partial charge is 0.367 e. The summed E-state index contributed by atoms with van der Waals surface area (Å²) in [5.74, 6) is 1.81. The van der Waals surface area contributed by atoms with Crippen LogP contribution < -0.4 is 4.90 Å². The van der Waals surface area contributed by atoms with E-state index in [2.05, 4.69) is 44.9 Å². The Hall–Kier alpha value is -2.35. The van der Waals surface area contributed by atoms with Gasteiger partial charge in [-0.05, 0) is 19.4 Å². The van der Waals surface area contributed by atoms with Crippen LogP contribution in [0, 0.1) is 13.8 Å². The van der Waals surface area contributed by atoms with Crippen molar-refractivity contribution in [1.29, 1.82) is 0 Å². The normalized spacial score (nSPS) is 17.4. The molecular formula is C21H20N4OS2. The number of nitrogens with zero attached hydrogens (tertiary/aromatic N) is 4. The molecule has 0 saturated carbocycles. The standard InChI is InChI=1S/C21H20N4OS2/c1-13-11-27-20(22-13)17-10-25(8-9-26-17)19-18-16(15-6-4-3-5-7-15)12-28-21(18)24-14(2)23-19/h3-7,11-12,17H,8-10H2,1-2H3. The summed E-state index contributed by atoms with van der Waals surface area (Å²) in [6.45, 7) is 6.22. The van der Waals surface area contributed by atoms with Gasteiger partial charge in [0, 0.05) is 28.6 Å². The molecule has 1 aliphatic rings. The van der Waals surface area contributed by atoms with Crippen LogP contribution in [0.15, 0.2) is 41.1 Å². The first-order valence-electron chi connectivity index (χ1n) is 9.29. The molecule has 4 heterocycles. The van der Waals surface area contributed by atoms with Crippen LogP contribution in [0.25, 0.3) is 21.3 Å². The van der Waals surface area contributed by atoms with E-state index in [-0.39, 0.29) is 6.10 Å². The van der Waals surface area contributed by atoms with Crippen molar-refractivity contribution in [2.24, 2.45) is 0 Å². The van der Waals surface area contributed by atoms with E-state index in [1.807, 2.05) is 19.9 Å². The molecule has 1 aliphatic heterocycles. The lowest BCUT2D eigenvalue weighted by molar-refractivity contribution is 0.0394. The number of aryl methyl sites for hydroxylation is 2. The van der Waals surface area contributed by atoms with Crippen LogP contribution in [0.5, 0.6) is 0 Å². The Morgan fingerprint density at radius 3 is 2.68 bits per heavy atom. The average molecular weight is 409 g/mol. The molecule has 0 bridgehead atoms. The lowest BCUT2D eigenvalue weighted by Gasteiger charge is -2.33. The summed E-state index contributed by atoms with van der Waals surface area (Å²) in [6, 6.07) is 10.5. The Labute approximate surface area is 171 Å². The fourth-order valence-corrected chi connectivity index (χ4v) is 5.42. The quantitative estimate of drug-likeness (QED) is 0.477. The van der Waals surface area contributed by atoms with E-state index < -0.39 is 0 Å². The molecule has 1 fully saturated rings. The fraction of sp³-hybridized carbons (Fsp3) is 0.286. The maximum atomic E-state index is 6.03. The summed E-state index contributed by atoms with van der Waals surface area (Å²) in [4.78, 5) is 17.6. The van der Waals surface area contributed by atoms with Gasteiger partial charge in [-0.25, -0.2) is 15.0 Å². The molecule has 142 valence electrons. The number of hydrogen-bond donors (Lipinski definition) is 0. The van der Waals surface area contributed by atoms with E-state index in [0.717, 1.165) is 45.6 Å². The van der Waals surface area contributed by atoms with E-state index in [1.54, 1.807) is 22.7 Å². The maximum absolute atomic E-state index is 6.03. The Morgan fingerprint density at radius 2 is 1.89 bits per heavy atom. The monoisotopic (exact) mass is 408 g/mol. The highest BCUT2D eigenvalue weighted by Crippen LogP contribution is 2.39. The third-order valence-electron chi connectivity index (χ3n) is 4.89. The van der Waals surface area contributed by atoms with Gasteiger partial charge in [0.25, 0.3) is 0 Å². The molecule has 0 spiro atoms. The van der Waals surface area contributed by atoms with Crippen molar-refractivity contribution in [2.45, 2.75) is 20.0 Å². The molecule has 3 aromatic heterocycles. The van der Waals surface area contributed by atoms with Gasteiger partial charge in [0.2, 0.25) is 0 Å². The van der Waals surface area contributed by atoms with Gasteiger partial charge in [-0.3, -0.25) is 0 Å². The van der Waals surface area contributed by atoms with E-state index in [9.17, 15) is 0 Å². The third kappa shape index (κ3) is 3.19. The molecule has 1 aromatic carbocycles. The van der Waals surface area contributed by atoms with Gasteiger partial charge >= 0.3 is 0 Å². The molecule has 5 nitrogen and oxygen atoms in total. The zero-order valence-electron chi connectivity index (χ0n) is 15.8. The molecule has 0 N–H and O–H groups in total. The molecule has 5 rings (SSSR count). The summed E-state index contributed by atoms with van der Waals surface area (Å²) in [5.41, 5.74) is 3.44. The van der Waals surface area contributed by atoms with Crippen LogP contribution in [0.1, 0.15) is 22.6 Å². The van der Waals surface area contributed by atoms with Gasteiger partial charge in [-0.2, -0.15) is 0 Å². The topological polar surface area (TPSA) is 51.1 Å². The summed E-state index contributed by atoms with van der Waals surface area (Å²) in [6.07, 6.45) is -0.0171. The average Bonchev–Trinajstić information content (AvgIpc) is 3.34. The Balaban J connectivity index is 1.59. The van der Waals surface area contributed by atoms with Crippen molar-refractivity contribution in [1.82, 2.24) is 15.0 Å². The van der Waals surface area contributed by atoms with Crippen molar-refractivity contribution in [3.8, 4) is 11.1 Å². The minimum atomic E-state index is -0.0171. The van der Waals surface area contributed by atoms with Crippen LogP contribution in [0.2, 0.25) is 0 Å². The van der Waals surface area contributed by atoms with Crippen molar-refractivity contribution in [2.75, 3.05) is 24.6 Å². The zero-order valence-corrected chi connectivity index (χ0v) is 17.4. The van der Waals surface area contributed by atoms with Crippen molar-refractivity contribution < 1.29 is 4.74 Å². The van der Waals surface area contributed by atoms with Crippen LogP contribution in [-0.4, -0.2) is 34.6 Å². The molecule has 1 saturated heterocycles. The van der Waals surface area contributed by atoms with Gasteiger partial charge in [-0.15, -0.1) is 22.7 Å². The smallest absolute Gasteiger partial charge is 0.141 e. The number of thiazole rings is 1. The first-order chi connectivity index (χ1) is 13.7. The number of morpholine rings is 1. The van der Waals surface area contributed by atoms with Crippen molar-refractivity contribution in [3.05, 3.63) is 57.6 Å². The predicted octanol–water partition coefficient (Wildman–Crippen LogP) is 5.01. The first-order valence-corrected chi connectivity index (χ1v) is 11.0. The molecule has 4 aromatic rings. The second-order valence-electron chi connectivity index (χ2n) is 6.92. The van der Waals surface area contributed by atoms with E-state index in [0.29, 0.717) is 6.61 Å². The highest BCUT2D eigenvalue weighted by molar-refractivity contribution is 7.17. The second-order valence-corrected chi connectivity index (χ2v) is 8.67. The third-order valence-corrected chi connectivity index (χ3v) is 6.82. The molecule has 0 radical (unpaired) electrons. The van der Waals surface area contributed by atoms with Gasteiger partial charge in [0.1, 0.15) is 27.6 Å². The zero-order chi connectivity index (χ0) is 19.1. The second kappa shape index (κ2) is 7.24. The molecular weight excluding hydrogens is 388 g/mol. The highest BCUT2D eigenvalue weighted by atomic mass is 32.1. The SMILES string of the molecule is Cc1csc(C2CN(c3nc(C)nc4scc(-c5ccccc5)c34)CCO2)n1. The van der Waals surface area contributed by atoms with E-state index in [1.165, 1.54) is 11.1 Å². The summed E-state index contributed by atoms with van der Waals surface area (Å²) in [7, 11) is 0. The number of benzene rings is 1. The Kier molecular flexibility index (Phi) is 4.58. The van der Waals surface area contributed by atoms with Gasteiger partial charge in [0.05, 0.1) is 18.5 Å². The number of anilines is 1. The molecule has 0 amide bonds. The molecule has 1 unspecified atom stereocenters. The van der Waals surface area contributed by atoms with Gasteiger partial charge < -0.3 is 9.64 Å². The van der Waals surface area contributed by atoms with Gasteiger partial charge in [0.15, 0.2) is 0 Å². The maximum Gasteiger partial charge on any atom is 0.141 e. The van der Waals surface area contributed by atoms with E-state index >= 15 is 0 Å². The number of ether oxygens (including phenoxy) is 1. The minimum Gasteiger partial charge on any atom is -0.367 e. The van der Waals surface area contributed by atoms with Crippen molar-refractivity contribution in [3.63, 3.8) is 0 Å². The fourth-order valence-electron chi connectivity index (χ4n) is 3.60. The number of thiophene rings is 1. The lowest BCUT2D eigenvalue weighted by Crippen LogP contribution is -2.39. The number of fused-ring (bicyclic) bond motifs is 1. The van der Waals surface area contributed by atoms with Crippen LogP contribution in [0.3, 0.4) is 0 Å². The van der Waals surface area contributed by atoms with Crippen LogP contribution in [0.4, 0.5) is 5.82 Å². The summed E-state index contributed by atoms with van der Waals surface area (Å²) < 4.78 is 6.03. The number of hydrogen-bond acceptors (Lipinski definition) is 7. The molecule has 1 atom stereocenters. The Morgan fingerprint density at radius 1 is 1.04 bits per heavy atom. The number of rotatable bonds is 3. The summed E-state index contributed by atoms with van der Waals surface area (Å²) >= 11 is 3.35. The Bertz CT molecular complexity index is 1120. The molecule has 28 heavy (non-hydrogen) atoms. The molecule has 0 aliphatic carbocycles. The van der Waals surface area contributed by atoms with E-state index in [4.69, 9.17) is 14.7 Å². The minimum absolute atomic E-state index is 0.0171. The number of aromatic nitrogens is 3. The predicted molar refractivity (Wildman–Crippen MR) is 115 cm³/mol. The first kappa shape index (κ1) is 17.7. The van der Waals surface area contributed by atoms with Crippen molar-refractivity contribution >= 4 is 38.7 Å². The molecule has 7 heteroatoms. The van der Waals surface area contributed by atoms with Crippen LogP contribution >= 0.6 is 22.7 Å². The lowest BCUT2D eigenvalue weighted by atomic mass is 10.1. The highest BCUT2D eigenvalue weighted by Gasteiger charge is 2.27. The van der Waals surface area contributed by atoms with Gasteiger partial charge in [-0.1, -0.05) is 30.3 Å². The summed E-state index contributed by atoms with van der Waals surface area (Å²) in [5, 5.41) is 6.45.